The van der Waals surface area contributed by atoms with Crippen molar-refractivity contribution in [2.75, 3.05) is 5.32 Å². The van der Waals surface area contributed by atoms with Crippen molar-refractivity contribution in [1.82, 2.24) is 20.2 Å². The van der Waals surface area contributed by atoms with Crippen molar-refractivity contribution in [3.8, 4) is 11.4 Å². The SMILES string of the molecule is O=C(Cn1nnc(-c2cccc(C(F)(F)F)c2)n1)Nc1cc(F)cc(F)c1. The number of carbonyl (C=O) groups excluding carboxylic acids is 1. The molecule has 0 atom stereocenters. The lowest BCUT2D eigenvalue weighted by molar-refractivity contribution is -0.137. The summed E-state index contributed by atoms with van der Waals surface area (Å²) in [6.07, 6.45) is -4.52. The van der Waals surface area contributed by atoms with Crippen LogP contribution in [0.25, 0.3) is 11.4 Å². The first-order valence-electron chi connectivity index (χ1n) is 7.42. The summed E-state index contributed by atoms with van der Waals surface area (Å²) in [7, 11) is 0. The molecule has 2 aromatic carbocycles. The molecule has 3 rings (SSSR count). The molecule has 0 saturated heterocycles. The van der Waals surface area contributed by atoms with E-state index in [0.717, 1.165) is 29.1 Å². The minimum atomic E-state index is -4.52. The highest BCUT2D eigenvalue weighted by Gasteiger charge is 2.30. The highest BCUT2D eigenvalue weighted by Crippen LogP contribution is 2.31. The molecule has 140 valence electrons. The van der Waals surface area contributed by atoms with E-state index in [-0.39, 0.29) is 17.1 Å². The van der Waals surface area contributed by atoms with Crippen LogP contribution >= 0.6 is 0 Å². The fourth-order valence-corrected chi connectivity index (χ4v) is 2.22. The van der Waals surface area contributed by atoms with Gasteiger partial charge in [-0.25, -0.2) is 8.78 Å². The minimum Gasteiger partial charge on any atom is -0.324 e. The summed E-state index contributed by atoms with van der Waals surface area (Å²) in [5.74, 6) is -2.54. The largest absolute Gasteiger partial charge is 0.416 e. The van der Waals surface area contributed by atoms with Gasteiger partial charge in [-0.15, -0.1) is 10.2 Å². The van der Waals surface area contributed by atoms with E-state index < -0.39 is 35.8 Å². The highest BCUT2D eigenvalue weighted by atomic mass is 19.4. The maximum absolute atomic E-state index is 13.1. The lowest BCUT2D eigenvalue weighted by atomic mass is 10.1. The van der Waals surface area contributed by atoms with E-state index >= 15 is 0 Å². The molecule has 11 heteroatoms. The van der Waals surface area contributed by atoms with E-state index in [1.54, 1.807) is 0 Å². The zero-order valence-corrected chi connectivity index (χ0v) is 13.3. The standard InChI is InChI=1S/C16H10F5N5O/c17-11-5-12(18)7-13(6-11)22-14(27)8-26-24-15(23-25-26)9-2-1-3-10(4-9)16(19,20)21/h1-7H,8H2,(H,22,27). The van der Waals surface area contributed by atoms with Gasteiger partial charge in [0.1, 0.15) is 18.2 Å². The van der Waals surface area contributed by atoms with Gasteiger partial charge in [0, 0.05) is 17.3 Å². The van der Waals surface area contributed by atoms with Crippen molar-refractivity contribution >= 4 is 11.6 Å². The molecule has 1 amide bonds. The van der Waals surface area contributed by atoms with Crippen LogP contribution in [0.4, 0.5) is 27.6 Å². The average molecular weight is 383 g/mol. The molecule has 0 aliphatic rings. The average Bonchev–Trinajstić information content (AvgIpc) is 3.01. The van der Waals surface area contributed by atoms with Crippen molar-refractivity contribution in [3.05, 3.63) is 59.7 Å². The normalized spacial score (nSPS) is 11.4. The molecule has 0 unspecified atom stereocenters. The number of hydrogen-bond acceptors (Lipinski definition) is 4. The summed E-state index contributed by atoms with van der Waals surface area (Å²) in [4.78, 5) is 12.8. The molecule has 0 spiro atoms. The third-order valence-corrected chi connectivity index (χ3v) is 3.33. The second kappa shape index (κ2) is 7.09. The summed E-state index contributed by atoms with van der Waals surface area (Å²) in [6, 6.07) is 6.82. The quantitative estimate of drug-likeness (QED) is 0.702. The molecule has 27 heavy (non-hydrogen) atoms. The van der Waals surface area contributed by atoms with Gasteiger partial charge >= 0.3 is 6.18 Å². The van der Waals surface area contributed by atoms with Crippen molar-refractivity contribution in [2.24, 2.45) is 0 Å². The van der Waals surface area contributed by atoms with Gasteiger partial charge in [-0.3, -0.25) is 4.79 Å². The zero-order valence-electron chi connectivity index (χ0n) is 13.3. The molecule has 0 radical (unpaired) electrons. The van der Waals surface area contributed by atoms with Crippen LogP contribution in [-0.4, -0.2) is 26.1 Å². The summed E-state index contributed by atoms with van der Waals surface area (Å²) in [5.41, 5.74) is -0.901. The molecule has 0 fully saturated rings. The number of amides is 1. The number of aromatic nitrogens is 4. The smallest absolute Gasteiger partial charge is 0.324 e. The number of rotatable bonds is 4. The fourth-order valence-electron chi connectivity index (χ4n) is 2.22. The summed E-state index contributed by atoms with van der Waals surface area (Å²) in [5, 5.41) is 13.3. The Labute approximate surface area is 148 Å². The van der Waals surface area contributed by atoms with Gasteiger partial charge in [-0.2, -0.15) is 18.0 Å². The predicted molar refractivity (Wildman–Crippen MR) is 83.2 cm³/mol. The van der Waals surface area contributed by atoms with Gasteiger partial charge in [0.15, 0.2) is 0 Å². The lowest BCUT2D eigenvalue weighted by Crippen LogP contribution is -2.20. The second-order valence-electron chi connectivity index (χ2n) is 5.43. The van der Waals surface area contributed by atoms with E-state index in [2.05, 4.69) is 20.7 Å². The maximum Gasteiger partial charge on any atom is 0.416 e. The monoisotopic (exact) mass is 383 g/mol. The topological polar surface area (TPSA) is 72.7 Å². The Morgan fingerprint density at radius 3 is 2.44 bits per heavy atom. The molecular formula is C16H10F5N5O. The number of anilines is 1. The van der Waals surface area contributed by atoms with Crippen molar-refractivity contribution < 1.29 is 26.7 Å². The van der Waals surface area contributed by atoms with Crippen molar-refractivity contribution in [2.45, 2.75) is 12.7 Å². The highest BCUT2D eigenvalue weighted by molar-refractivity contribution is 5.90. The zero-order chi connectivity index (χ0) is 19.6. The van der Waals surface area contributed by atoms with Crippen LogP contribution in [0.1, 0.15) is 5.56 Å². The number of carbonyl (C=O) groups is 1. The van der Waals surface area contributed by atoms with Crippen LogP contribution in [0.3, 0.4) is 0 Å². The van der Waals surface area contributed by atoms with Gasteiger partial charge in [0.25, 0.3) is 0 Å². The van der Waals surface area contributed by atoms with Gasteiger partial charge in [0.05, 0.1) is 5.56 Å². The molecule has 1 heterocycles. The van der Waals surface area contributed by atoms with Crippen LogP contribution in [0.2, 0.25) is 0 Å². The molecule has 0 bridgehead atoms. The van der Waals surface area contributed by atoms with Crippen LogP contribution in [0, 0.1) is 11.6 Å². The first-order valence-corrected chi connectivity index (χ1v) is 7.42. The van der Waals surface area contributed by atoms with E-state index in [1.807, 2.05) is 0 Å². The van der Waals surface area contributed by atoms with E-state index in [4.69, 9.17) is 0 Å². The molecule has 0 saturated carbocycles. The second-order valence-corrected chi connectivity index (χ2v) is 5.43. The number of benzene rings is 2. The molecule has 0 aliphatic heterocycles. The molecule has 6 nitrogen and oxygen atoms in total. The fraction of sp³-hybridized carbons (Fsp3) is 0.125. The van der Waals surface area contributed by atoms with Crippen LogP contribution in [-0.2, 0) is 17.5 Å². The van der Waals surface area contributed by atoms with Gasteiger partial charge in [-0.05, 0) is 29.5 Å². The Morgan fingerprint density at radius 1 is 1.07 bits per heavy atom. The Bertz CT molecular complexity index is 965. The molecular weight excluding hydrogens is 373 g/mol. The van der Waals surface area contributed by atoms with E-state index in [9.17, 15) is 26.7 Å². The third-order valence-electron chi connectivity index (χ3n) is 3.33. The van der Waals surface area contributed by atoms with Gasteiger partial charge in [0.2, 0.25) is 11.7 Å². The number of alkyl halides is 3. The van der Waals surface area contributed by atoms with E-state index in [1.165, 1.54) is 12.1 Å². The summed E-state index contributed by atoms with van der Waals surface area (Å²) >= 11 is 0. The Morgan fingerprint density at radius 2 is 1.78 bits per heavy atom. The molecule has 0 aliphatic carbocycles. The lowest BCUT2D eigenvalue weighted by Gasteiger charge is -2.06. The van der Waals surface area contributed by atoms with Gasteiger partial charge < -0.3 is 5.32 Å². The van der Waals surface area contributed by atoms with E-state index in [0.29, 0.717) is 6.07 Å². The van der Waals surface area contributed by atoms with Crippen molar-refractivity contribution in [3.63, 3.8) is 0 Å². The third kappa shape index (κ3) is 4.63. The Balaban J connectivity index is 1.72. The molecule has 1 aromatic heterocycles. The number of tetrazole rings is 1. The number of nitrogens with zero attached hydrogens (tertiary/aromatic N) is 4. The van der Waals surface area contributed by atoms with Crippen LogP contribution < -0.4 is 5.32 Å². The first-order chi connectivity index (χ1) is 12.7. The van der Waals surface area contributed by atoms with Crippen molar-refractivity contribution in [1.29, 1.82) is 0 Å². The maximum atomic E-state index is 13.1. The molecule has 1 N–H and O–H groups in total. The Hall–Kier alpha value is -3.37. The number of halogens is 5. The summed E-state index contributed by atoms with van der Waals surface area (Å²) < 4.78 is 64.5. The Kier molecular flexibility index (Phi) is 4.84. The number of nitrogens with one attached hydrogen (secondary N) is 1. The predicted octanol–water partition coefficient (Wildman–Crippen LogP) is 3.28. The van der Waals surface area contributed by atoms with Gasteiger partial charge in [-0.1, -0.05) is 12.1 Å². The minimum absolute atomic E-state index is 0.0729. The summed E-state index contributed by atoms with van der Waals surface area (Å²) in [6.45, 7) is -0.454. The van der Waals surface area contributed by atoms with Crippen LogP contribution in [0.15, 0.2) is 42.5 Å². The first kappa shape index (κ1) is 18.4. The van der Waals surface area contributed by atoms with Crippen LogP contribution in [0.5, 0.6) is 0 Å². The number of hydrogen-bond donors (Lipinski definition) is 1. The molecule has 3 aromatic rings.